The number of rotatable bonds is 2. The molecule has 0 unspecified atom stereocenters. The van der Waals surface area contributed by atoms with Gasteiger partial charge in [0.2, 0.25) is 5.91 Å². The highest BCUT2D eigenvalue weighted by molar-refractivity contribution is 5.84. The Morgan fingerprint density at radius 3 is 2.60 bits per heavy atom. The molecule has 1 N–H and O–H groups in total. The van der Waals surface area contributed by atoms with Crippen molar-refractivity contribution in [2.45, 2.75) is 6.18 Å². The Labute approximate surface area is 111 Å². The summed E-state index contributed by atoms with van der Waals surface area (Å²) in [6.07, 6.45) is -4.65. The Bertz CT molecular complexity index is 560. The second-order valence-electron chi connectivity index (χ2n) is 4.23. The van der Waals surface area contributed by atoms with E-state index in [1.165, 1.54) is 4.90 Å². The summed E-state index contributed by atoms with van der Waals surface area (Å²) in [6, 6.07) is 2.29. The van der Waals surface area contributed by atoms with Crippen LogP contribution in [0, 0.1) is 10.1 Å². The van der Waals surface area contributed by atoms with E-state index in [9.17, 15) is 28.1 Å². The van der Waals surface area contributed by atoms with E-state index in [4.69, 9.17) is 0 Å². The number of hydrogen-bond donors (Lipinski definition) is 1. The number of nitro benzene ring substituents is 1. The predicted molar refractivity (Wildman–Crippen MR) is 63.3 cm³/mol. The number of nitro groups is 1. The van der Waals surface area contributed by atoms with Crippen molar-refractivity contribution in [2.24, 2.45) is 0 Å². The Balaban J connectivity index is 2.42. The molecule has 1 heterocycles. The van der Waals surface area contributed by atoms with Crippen LogP contribution in [0.3, 0.4) is 0 Å². The molecule has 1 saturated heterocycles. The summed E-state index contributed by atoms with van der Waals surface area (Å²) < 4.78 is 37.7. The summed E-state index contributed by atoms with van der Waals surface area (Å²) in [6.45, 7) is 0.473. The maximum Gasteiger partial charge on any atom is 0.416 e. The third-order valence-electron chi connectivity index (χ3n) is 2.88. The molecule has 1 amide bonds. The van der Waals surface area contributed by atoms with Crippen LogP contribution in [0.4, 0.5) is 24.5 Å². The van der Waals surface area contributed by atoms with Gasteiger partial charge < -0.3 is 10.2 Å². The quantitative estimate of drug-likeness (QED) is 0.662. The van der Waals surface area contributed by atoms with Crippen molar-refractivity contribution in [3.63, 3.8) is 0 Å². The highest BCUT2D eigenvalue weighted by atomic mass is 19.4. The summed E-state index contributed by atoms with van der Waals surface area (Å²) in [5.41, 5.74) is -1.73. The number of piperazine rings is 1. The van der Waals surface area contributed by atoms with Gasteiger partial charge in [0.05, 0.1) is 17.0 Å². The molecule has 108 valence electrons. The first kappa shape index (κ1) is 14.1. The van der Waals surface area contributed by atoms with Gasteiger partial charge >= 0.3 is 6.18 Å². The van der Waals surface area contributed by atoms with E-state index < -0.39 is 22.4 Å². The standard InChI is InChI=1S/C11H10F3N3O3/c12-11(13,14)7-1-2-8(9(5-7)17(19)20)16-4-3-15-10(18)6-16/h1-2,5H,3-4,6H2,(H,15,18). The molecule has 2 rings (SSSR count). The molecule has 1 aromatic rings. The molecule has 1 aromatic carbocycles. The lowest BCUT2D eigenvalue weighted by Crippen LogP contribution is -2.47. The number of benzene rings is 1. The first-order chi connectivity index (χ1) is 9.29. The van der Waals surface area contributed by atoms with Crippen LogP contribution < -0.4 is 10.2 Å². The van der Waals surface area contributed by atoms with Gasteiger partial charge in [0, 0.05) is 19.2 Å². The van der Waals surface area contributed by atoms with E-state index in [1.807, 2.05) is 0 Å². The topological polar surface area (TPSA) is 75.5 Å². The van der Waals surface area contributed by atoms with Gasteiger partial charge in [-0.3, -0.25) is 14.9 Å². The maximum absolute atomic E-state index is 12.6. The van der Waals surface area contributed by atoms with Crippen molar-refractivity contribution in [1.82, 2.24) is 5.32 Å². The predicted octanol–water partition coefficient (Wildman–Crippen LogP) is 1.55. The fourth-order valence-corrected chi connectivity index (χ4v) is 1.96. The van der Waals surface area contributed by atoms with Gasteiger partial charge in [-0.2, -0.15) is 13.2 Å². The summed E-state index contributed by atoms with van der Waals surface area (Å²) in [5.74, 6) is -0.328. The van der Waals surface area contributed by atoms with Crippen LogP contribution in [-0.4, -0.2) is 30.5 Å². The lowest BCUT2D eigenvalue weighted by atomic mass is 10.1. The molecule has 0 atom stereocenters. The Kier molecular flexibility index (Phi) is 3.51. The molecule has 0 aliphatic carbocycles. The van der Waals surface area contributed by atoms with E-state index in [-0.39, 0.29) is 24.7 Å². The number of nitrogens with one attached hydrogen (secondary N) is 1. The van der Waals surface area contributed by atoms with Crippen LogP contribution in [0.2, 0.25) is 0 Å². The molecule has 9 heteroatoms. The van der Waals surface area contributed by atoms with Gasteiger partial charge in [0.1, 0.15) is 5.69 Å². The number of carbonyl (C=O) groups excluding carboxylic acids is 1. The number of carbonyl (C=O) groups is 1. The number of hydrogen-bond acceptors (Lipinski definition) is 4. The van der Waals surface area contributed by atoms with Gasteiger partial charge in [-0.05, 0) is 12.1 Å². The van der Waals surface area contributed by atoms with E-state index in [1.54, 1.807) is 0 Å². The van der Waals surface area contributed by atoms with E-state index in [2.05, 4.69) is 5.32 Å². The third kappa shape index (κ3) is 2.81. The molecule has 0 saturated carbocycles. The average Bonchev–Trinajstić information content (AvgIpc) is 2.37. The number of alkyl halides is 3. The van der Waals surface area contributed by atoms with Crippen LogP contribution in [-0.2, 0) is 11.0 Å². The minimum atomic E-state index is -4.65. The van der Waals surface area contributed by atoms with Gasteiger partial charge in [-0.25, -0.2) is 0 Å². The Hall–Kier alpha value is -2.32. The molecule has 0 spiro atoms. The largest absolute Gasteiger partial charge is 0.416 e. The summed E-state index contributed by atoms with van der Waals surface area (Å²) in [5, 5.41) is 13.5. The Morgan fingerprint density at radius 2 is 2.05 bits per heavy atom. The number of nitrogens with zero attached hydrogens (tertiary/aromatic N) is 2. The molecule has 0 bridgehead atoms. The lowest BCUT2D eigenvalue weighted by molar-refractivity contribution is -0.384. The summed E-state index contributed by atoms with van der Waals surface area (Å²) in [7, 11) is 0. The van der Waals surface area contributed by atoms with Crippen LogP contribution in [0.25, 0.3) is 0 Å². The first-order valence-corrected chi connectivity index (χ1v) is 5.66. The zero-order valence-corrected chi connectivity index (χ0v) is 10.1. The van der Waals surface area contributed by atoms with E-state index in [0.29, 0.717) is 12.6 Å². The van der Waals surface area contributed by atoms with Crippen molar-refractivity contribution in [1.29, 1.82) is 0 Å². The van der Waals surface area contributed by atoms with Crippen LogP contribution in [0.15, 0.2) is 18.2 Å². The molecule has 1 aliphatic heterocycles. The fourth-order valence-electron chi connectivity index (χ4n) is 1.96. The van der Waals surface area contributed by atoms with Gasteiger partial charge in [0.15, 0.2) is 0 Å². The lowest BCUT2D eigenvalue weighted by Gasteiger charge is -2.28. The van der Waals surface area contributed by atoms with Crippen molar-refractivity contribution in [2.75, 3.05) is 24.5 Å². The maximum atomic E-state index is 12.6. The SMILES string of the molecule is O=C1CN(c2ccc(C(F)(F)F)cc2[N+](=O)[O-])CCN1. The van der Waals surface area contributed by atoms with E-state index >= 15 is 0 Å². The minimum absolute atomic E-state index is 0.0119. The second-order valence-corrected chi connectivity index (χ2v) is 4.23. The normalized spacial score (nSPS) is 15.9. The third-order valence-corrected chi connectivity index (χ3v) is 2.88. The van der Waals surface area contributed by atoms with E-state index in [0.717, 1.165) is 12.1 Å². The molecular weight excluding hydrogens is 279 g/mol. The number of halogens is 3. The molecule has 1 aliphatic rings. The van der Waals surface area contributed by atoms with Gasteiger partial charge in [-0.1, -0.05) is 0 Å². The fraction of sp³-hybridized carbons (Fsp3) is 0.364. The Morgan fingerprint density at radius 1 is 1.35 bits per heavy atom. The summed E-state index contributed by atoms with van der Waals surface area (Å²) in [4.78, 5) is 22.7. The molecule has 0 radical (unpaired) electrons. The van der Waals surface area contributed by atoms with Crippen molar-refractivity contribution >= 4 is 17.3 Å². The zero-order chi connectivity index (χ0) is 14.9. The molecule has 20 heavy (non-hydrogen) atoms. The van der Waals surface area contributed by atoms with Crippen molar-refractivity contribution in [3.8, 4) is 0 Å². The van der Waals surface area contributed by atoms with Crippen molar-refractivity contribution in [3.05, 3.63) is 33.9 Å². The monoisotopic (exact) mass is 289 g/mol. The number of anilines is 1. The second kappa shape index (κ2) is 4.99. The minimum Gasteiger partial charge on any atom is -0.355 e. The molecule has 6 nitrogen and oxygen atoms in total. The molecular formula is C11H10F3N3O3. The van der Waals surface area contributed by atoms with Crippen LogP contribution >= 0.6 is 0 Å². The number of amides is 1. The first-order valence-electron chi connectivity index (χ1n) is 5.66. The molecule has 0 aromatic heterocycles. The zero-order valence-electron chi connectivity index (χ0n) is 10.1. The van der Waals surface area contributed by atoms with Gasteiger partial charge in [-0.15, -0.1) is 0 Å². The highest BCUT2D eigenvalue weighted by Gasteiger charge is 2.34. The van der Waals surface area contributed by atoms with Crippen LogP contribution in [0.5, 0.6) is 0 Å². The average molecular weight is 289 g/mol. The van der Waals surface area contributed by atoms with Gasteiger partial charge in [0.25, 0.3) is 5.69 Å². The smallest absolute Gasteiger partial charge is 0.355 e. The van der Waals surface area contributed by atoms with Crippen LogP contribution in [0.1, 0.15) is 5.56 Å². The molecule has 1 fully saturated rings. The highest BCUT2D eigenvalue weighted by Crippen LogP contribution is 2.36. The van der Waals surface area contributed by atoms with Crippen molar-refractivity contribution < 1.29 is 22.9 Å². The summed E-state index contributed by atoms with van der Waals surface area (Å²) >= 11 is 0.